The summed E-state index contributed by atoms with van der Waals surface area (Å²) in [5.41, 5.74) is 2.45. The summed E-state index contributed by atoms with van der Waals surface area (Å²) in [6.07, 6.45) is 0. The van der Waals surface area contributed by atoms with E-state index in [2.05, 4.69) is 10.5 Å². The molecule has 0 fully saturated rings. The van der Waals surface area contributed by atoms with Crippen molar-refractivity contribution < 1.29 is 18.4 Å². The van der Waals surface area contributed by atoms with Crippen molar-refractivity contribution in [1.29, 1.82) is 0 Å². The quantitative estimate of drug-likeness (QED) is 0.688. The Hall–Kier alpha value is -2.86. The number of halogens is 2. The van der Waals surface area contributed by atoms with Gasteiger partial charge in [0.1, 0.15) is 23.9 Å². The number of nitrogens with zero attached hydrogens (tertiary/aromatic N) is 1. The number of amides is 1. The molecule has 0 aliphatic heterocycles. The number of aryl methyl sites for hydroxylation is 2. The third-order valence-corrected chi connectivity index (χ3v) is 4.13. The van der Waals surface area contributed by atoms with Crippen molar-refractivity contribution in [1.82, 2.24) is 5.16 Å². The van der Waals surface area contributed by atoms with Gasteiger partial charge in [0, 0.05) is 11.3 Å². The van der Waals surface area contributed by atoms with Crippen molar-refractivity contribution >= 4 is 23.2 Å². The number of hydrogen-bond donors (Lipinski definition) is 1. The van der Waals surface area contributed by atoms with Crippen molar-refractivity contribution in [2.24, 2.45) is 0 Å². The molecule has 2 aromatic carbocycles. The lowest BCUT2D eigenvalue weighted by Crippen LogP contribution is -2.12. The largest absolute Gasteiger partial charge is 0.489 e. The van der Waals surface area contributed by atoms with Gasteiger partial charge in [0.05, 0.1) is 16.3 Å². The van der Waals surface area contributed by atoms with E-state index in [4.69, 9.17) is 20.9 Å². The number of ether oxygens (including phenoxy) is 1. The zero-order valence-corrected chi connectivity index (χ0v) is 14.9. The van der Waals surface area contributed by atoms with Crippen LogP contribution in [-0.4, -0.2) is 11.1 Å². The van der Waals surface area contributed by atoms with Crippen molar-refractivity contribution in [3.63, 3.8) is 0 Å². The summed E-state index contributed by atoms with van der Waals surface area (Å²) in [5, 5.41) is 6.49. The summed E-state index contributed by atoms with van der Waals surface area (Å²) in [5.74, 6) is 0.342. The fourth-order valence-electron chi connectivity index (χ4n) is 2.37. The summed E-state index contributed by atoms with van der Waals surface area (Å²) in [6.45, 7) is 3.95. The highest BCUT2D eigenvalue weighted by Crippen LogP contribution is 2.22. The highest BCUT2D eigenvalue weighted by molar-refractivity contribution is 6.31. The van der Waals surface area contributed by atoms with Crippen LogP contribution < -0.4 is 10.1 Å². The van der Waals surface area contributed by atoms with Gasteiger partial charge in [0.15, 0.2) is 0 Å². The van der Waals surface area contributed by atoms with Gasteiger partial charge in [-0.25, -0.2) is 4.39 Å². The van der Waals surface area contributed by atoms with Crippen molar-refractivity contribution in [3.05, 3.63) is 75.9 Å². The highest BCUT2D eigenvalue weighted by Gasteiger charge is 2.12. The third-order valence-electron chi connectivity index (χ3n) is 3.84. The molecule has 1 N–H and O–H groups in total. The van der Waals surface area contributed by atoms with E-state index in [9.17, 15) is 9.18 Å². The maximum absolute atomic E-state index is 13.2. The Morgan fingerprint density at radius 3 is 2.77 bits per heavy atom. The molecule has 1 amide bonds. The summed E-state index contributed by atoms with van der Waals surface area (Å²) < 4.78 is 24.0. The Bertz CT molecular complexity index is 936. The van der Waals surface area contributed by atoms with E-state index in [0.717, 1.165) is 11.3 Å². The standard InChI is InChI=1S/C19H16ClFN2O3/c1-11-16(12(2)26-23-11)10-25-15-5-3-4-13(8-15)19(24)22-14-6-7-18(21)17(20)9-14/h3-9H,10H2,1-2H3,(H,22,24). The Balaban J connectivity index is 1.70. The van der Waals surface area contributed by atoms with Crippen LogP contribution in [0.25, 0.3) is 0 Å². The molecule has 5 nitrogen and oxygen atoms in total. The second kappa shape index (κ2) is 7.58. The molecular formula is C19H16ClFN2O3. The molecule has 0 saturated heterocycles. The average Bonchev–Trinajstić information content (AvgIpc) is 2.94. The van der Waals surface area contributed by atoms with E-state index in [-0.39, 0.29) is 10.9 Å². The molecular weight excluding hydrogens is 359 g/mol. The molecule has 26 heavy (non-hydrogen) atoms. The monoisotopic (exact) mass is 374 g/mol. The van der Waals surface area contributed by atoms with Crippen LogP contribution in [0.4, 0.5) is 10.1 Å². The number of aromatic nitrogens is 1. The molecule has 3 aromatic rings. The number of nitrogens with one attached hydrogen (secondary N) is 1. The zero-order chi connectivity index (χ0) is 18.7. The van der Waals surface area contributed by atoms with Crippen LogP contribution in [0.1, 0.15) is 27.4 Å². The molecule has 1 aromatic heterocycles. The Morgan fingerprint density at radius 2 is 2.08 bits per heavy atom. The normalized spacial score (nSPS) is 10.6. The van der Waals surface area contributed by atoms with Gasteiger partial charge in [0.25, 0.3) is 5.91 Å². The smallest absolute Gasteiger partial charge is 0.255 e. The van der Waals surface area contributed by atoms with Gasteiger partial charge in [0.2, 0.25) is 0 Å². The minimum Gasteiger partial charge on any atom is -0.489 e. The minimum atomic E-state index is -0.542. The Labute approximate surface area is 154 Å². The number of rotatable bonds is 5. The molecule has 0 bridgehead atoms. The summed E-state index contributed by atoms with van der Waals surface area (Å²) in [4.78, 5) is 12.4. The predicted molar refractivity (Wildman–Crippen MR) is 96.1 cm³/mol. The predicted octanol–water partition coefficient (Wildman–Crippen LogP) is 4.92. The first-order valence-corrected chi connectivity index (χ1v) is 8.23. The maximum Gasteiger partial charge on any atom is 0.255 e. The second-order valence-electron chi connectivity index (χ2n) is 5.70. The number of carbonyl (C=O) groups is 1. The van der Waals surface area contributed by atoms with Crippen molar-refractivity contribution in [3.8, 4) is 5.75 Å². The molecule has 3 rings (SSSR count). The first kappa shape index (κ1) is 17.9. The minimum absolute atomic E-state index is 0.0562. The van der Waals surface area contributed by atoms with Gasteiger partial charge < -0.3 is 14.6 Å². The highest BCUT2D eigenvalue weighted by atomic mass is 35.5. The SMILES string of the molecule is Cc1noc(C)c1COc1cccc(C(=O)Nc2ccc(F)c(Cl)c2)c1. The van der Waals surface area contributed by atoms with E-state index in [1.165, 1.54) is 18.2 Å². The van der Waals surface area contributed by atoms with Crippen molar-refractivity contribution in [2.75, 3.05) is 5.32 Å². The number of hydrogen-bond acceptors (Lipinski definition) is 4. The fourth-order valence-corrected chi connectivity index (χ4v) is 2.55. The van der Waals surface area contributed by atoms with Gasteiger partial charge >= 0.3 is 0 Å². The Kier molecular flexibility index (Phi) is 5.23. The number of benzene rings is 2. The van der Waals surface area contributed by atoms with Crippen LogP contribution in [0.2, 0.25) is 5.02 Å². The molecule has 0 radical (unpaired) electrons. The van der Waals surface area contributed by atoms with Crippen LogP contribution in [0.15, 0.2) is 47.0 Å². The lowest BCUT2D eigenvalue weighted by Gasteiger charge is -2.09. The van der Waals surface area contributed by atoms with Crippen LogP contribution in [0.5, 0.6) is 5.75 Å². The summed E-state index contributed by atoms with van der Waals surface area (Å²) in [6, 6.07) is 10.7. The van der Waals surface area contributed by atoms with Crippen LogP contribution in [0.3, 0.4) is 0 Å². The zero-order valence-electron chi connectivity index (χ0n) is 14.2. The van der Waals surface area contributed by atoms with E-state index < -0.39 is 5.82 Å². The van der Waals surface area contributed by atoms with Crippen molar-refractivity contribution in [2.45, 2.75) is 20.5 Å². The molecule has 0 atom stereocenters. The summed E-state index contributed by atoms with van der Waals surface area (Å²) in [7, 11) is 0. The van der Waals surface area contributed by atoms with E-state index >= 15 is 0 Å². The Morgan fingerprint density at radius 1 is 1.27 bits per heavy atom. The van der Waals surface area contributed by atoms with Gasteiger partial charge in [-0.1, -0.05) is 22.8 Å². The number of anilines is 1. The molecule has 0 spiro atoms. The van der Waals surface area contributed by atoms with Gasteiger partial charge in [-0.3, -0.25) is 4.79 Å². The first-order chi connectivity index (χ1) is 12.4. The van der Waals surface area contributed by atoms with E-state index in [1.807, 2.05) is 13.8 Å². The van der Waals surface area contributed by atoms with Gasteiger partial charge in [-0.2, -0.15) is 0 Å². The van der Waals surface area contributed by atoms with E-state index in [0.29, 0.717) is 29.4 Å². The third kappa shape index (κ3) is 4.03. The van der Waals surface area contributed by atoms with Crippen LogP contribution in [0, 0.1) is 19.7 Å². The topological polar surface area (TPSA) is 64.4 Å². The van der Waals surface area contributed by atoms with E-state index in [1.54, 1.807) is 24.3 Å². The lowest BCUT2D eigenvalue weighted by molar-refractivity contribution is 0.102. The molecule has 7 heteroatoms. The first-order valence-electron chi connectivity index (χ1n) is 7.85. The van der Waals surface area contributed by atoms with Crippen LogP contribution >= 0.6 is 11.6 Å². The molecule has 1 heterocycles. The molecule has 0 unspecified atom stereocenters. The summed E-state index contributed by atoms with van der Waals surface area (Å²) >= 11 is 5.73. The lowest BCUT2D eigenvalue weighted by atomic mass is 10.2. The second-order valence-corrected chi connectivity index (χ2v) is 6.11. The number of carbonyl (C=O) groups excluding carboxylic acids is 1. The fraction of sp³-hybridized carbons (Fsp3) is 0.158. The van der Waals surface area contributed by atoms with Gasteiger partial charge in [-0.15, -0.1) is 0 Å². The maximum atomic E-state index is 13.2. The molecule has 0 aliphatic rings. The molecule has 0 aliphatic carbocycles. The van der Waals surface area contributed by atoms with Crippen LogP contribution in [-0.2, 0) is 6.61 Å². The van der Waals surface area contributed by atoms with Gasteiger partial charge in [-0.05, 0) is 50.2 Å². The molecule has 0 saturated carbocycles. The average molecular weight is 375 g/mol. The molecule has 134 valence electrons.